The Balaban J connectivity index is 4.82. The van der Waals surface area contributed by atoms with Crippen LogP contribution in [-0.2, 0) is 0 Å². The van der Waals surface area contributed by atoms with Gasteiger partial charge in [-0.15, -0.1) is 0 Å². The summed E-state index contributed by atoms with van der Waals surface area (Å²) >= 11 is 0. The van der Waals surface area contributed by atoms with Crippen LogP contribution in [-0.4, -0.2) is 24.5 Å². The summed E-state index contributed by atoms with van der Waals surface area (Å²) in [6, 6.07) is 0. The van der Waals surface area contributed by atoms with Crippen molar-refractivity contribution in [2.75, 3.05) is 14.1 Å². The molecule has 122 valence electrons. The molecule has 1 heteroatoms. The number of nitrogens with zero attached hydrogens (tertiary/aromatic N) is 1. The van der Waals surface area contributed by atoms with E-state index in [2.05, 4.69) is 67.5 Å². The zero-order valence-corrected chi connectivity index (χ0v) is 15.9. The first-order valence-corrected chi connectivity index (χ1v) is 8.65. The molecule has 0 saturated carbocycles. The lowest BCUT2D eigenvalue weighted by molar-refractivity contribution is 0.0732. The molecule has 0 bridgehead atoms. The minimum atomic E-state index is 0.279. The molecule has 0 rings (SSSR count). The van der Waals surface area contributed by atoms with Crippen molar-refractivity contribution in [1.29, 1.82) is 0 Å². The Hall–Kier alpha value is -0.0400. The van der Waals surface area contributed by atoms with Crippen LogP contribution in [0.4, 0.5) is 0 Å². The molecule has 0 aliphatic heterocycles. The smallest absolute Gasteiger partial charge is 0.0152 e. The van der Waals surface area contributed by atoms with Crippen LogP contribution < -0.4 is 0 Å². The minimum absolute atomic E-state index is 0.279. The Kier molecular flexibility index (Phi) is 7.81. The van der Waals surface area contributed by atoms with Crippen molar-refractivity contribution in [1.82, 2.24) is 4.90 Å². The van der Waals surface area contributed by atoms with Gasteiger partial charge in [0.1, 0.15) is 0 Å². The van der Waals surface area contributed by atoms with Crippen molar-refractivity contribution in [3.8, 4) is 0 Å². The fourth-order valence-electron chi connectivity index (χ4n) is 4.06. The summed E-state index contributed by atoms with van der Waals surface area (Å²) in [6.45, 7) is 16.9. The van der Waals surface area contributed by atoms with E-state index >= 15 is 0 Å². The topological polar surface area (TPSA) is 3.24 Å². The first-order chi connectivity index (χ1) is 8.98. The van der Waals surface area contributed by atoms with Crippen molar-refractivity contribution in [2.24, 2.45) is 10.8 Å². The van der Waals surface area contributed by atoms with Gasteiger partial charge in [0.05, 0.1) is 0 Å². The van der Waals surface area contributed by atoms with E-state index in [1.54, 1.807) is 0 Å². The molecular weight excluding hydrogens is 242 g/mol. The van der Waals surface area contributed by atoms with Crippen LogP contribution in [0.1, 0.15) is 93.4 Å². The number of unbranched alkanes of at least 4 members (excludes halogenated alkanes) is 1. The van der Waals surface area contributed by atoms with Crippen LogP contribution in [0.3, 0.4) is 0 Å². The van der Waals surface area contributed by atoms with Crippen molar-refractivity contribution < 1.29 is 0 Å². The van der Waals surface area contributed by atoms with Crippen LogP contribution in [0.5, 0.6) is 0 Å². The minimum Gasteiger partial charge on any atom is -0.304 e. The maximum atomic E-state index is 2.52. The third-order valence-electron chi connectivity index (χ3n) is 5.01. The number of hydrogen-bond donors (Lipinski definition) is 0. The van der Waals surface area contributed by atoms with Crippen molar-refractivity contribution >= 4 is 0 Å². The Bertz CT molecular complexity index is 265. The van der Waals surface area contributed by atoms with Crippen LogP contribution in [0, 0.1) is 10.8 Å². The molecule has 0 spiro atoms. The average molecular weight is 284 g/mol. The summed E-state index contributed by atoms with van der Waals surface area (Å²) < 4.78 is 0. The molecule has 1 atom stereocenters. The molecule has 0 aromatic rings. The summed E-state index contributed by atoms with van der Waals surface area (Å²) in [5.41, 5.74) is 1.21. The van der Waals surface area contributed by atoms with Gasteiger partial charge in [0.2, 0.25) is 0 Å². The van der Waals surface area contributed by atoms with Gasteiger partial charge in [-0.25, -0.2) is 0 Å². The van der Waals surface area contributed by atoms with Gasteiger partial charge in [0, 0.05) is 5.54 Å². The van der Waals surface area contributed by atoms with Crippen LogP contribution in [0.15, 0.2) is 0 Å². The molecule has 0 radical (unpaired) electrons. The van der Waals surface area contributed by atoms with Gasteiger partial charge in [0.15, 0.2) is 0 Å². The maximum Gasteiger partial charge on any atom is 0.0152 e. The Labute approximate surface area is 129 Å². The lowest BCUT2D eigenvalue weighted by Crippen LogP contribution is -2.43. The summed E-state index contributed by atoms with van der Waals surface area (Å²) in [6.07, 6.45) is 9.39. The summed E-state index contributed by atoms with van der Waals surface area (Å²) in [5.74, 6) is 0. The highest BCUT2D eigenvalue weighted by Gasteiger charge is 2.36. The van der Waals surface area contributed by atoms with Gasteiger partial charge in [-0.05, 0) is 64.5 Å². The molecule has 0 fully saturated rings. The molecule has 0 saturated heterocycles. The Morgan fingerprint density at radius 2 is 1.30 bits per heavy atom. The predicted molar refractivity (Wildman–Crippen MR) is 93.3 cm³/mol. The van der Waals surface area contributed by atoms with Crippen molar-refractivity contribution in [2.45, 2.75) is 99.0 Å². The van der Waals surface area contributed by atoms with E-state index in [9.17, 15) is 0 Å². The first kappa shape index (κ1) is 20.0. The molecule has 20 heavy (non-hydrogen) atoms. The molecule has 0 aliphatic carbocycles. The van der Waals surface area contributed by atoms with E-state index in [-0.39, 0.29) is 5.54 Å². The second-order valence-corrected chi connectivity index (χ2v) is 8.89. The largest absolute Gasteiger partial charge is 0.304 e. The molecular formula is C19H41N. The van der Waals surface area contributed by atoms with Crippen molar-refractivity contribution in [3.63, 3.8) is 0 Å². The fourth-order valence-corrected chi connectivity index (χ4v) is 4.06. The lowest BCUT2D eigenvalue weighted by Gasteiger charge is -2.44. The van der Waals surface area contributed by atoms with Gasteiger partial charge in [-0.2, -0.15) is 0 Å². The van der Waals surface area contributed by atoms with Gasteiger partial charge >= 0.3 is 0 Å². The van der Waals surface area contributed by atoms with E-state index in [0.29, 0.717) is 10.8 Å². The van der Waals surface area contributed by atoms with E-state index in [1.807, 2.05) is 0 Å². The van der Waals surface area contributed by atoms with Crippen LogP contribution in [0.2, 0.25) is 0 Å². The molecule has 0 aromatic carbocycles. The van der Waals surface area contributed by atoms with E-state index in [4.69, 9.17) is 0 Å². The quantitative estimate of drug-likeness (QED) is 0.466. The maximum absolute atomic E-state index is 2.52. The van der Waals surface area contributed by atoms with Crippen LogP contribution in [0.25, 0.3) is 0 Å². The second-order valence-electron chi connectivity index (χ2n) is 8.89. The molecule has 0 N–H and O–H groups in total. The Morgan fingerprint density at radius 3 is 1.70 bits per heavy atom. The molecule has 0 aliphatic rings. The molecule has 0 amide bonds. The third kappa shape index (κ3) is 7.11. The van der Waals surface area contributed by atoms with E-state index in [1.165, 1.54) is 44.9 Å². The molecule has 0 aromatic heterocycles. The highest BCUT2D eigenvalue weighted by atomic mass is 15.1. The molecule has 1 nitrogen and oxygen atoms in total. The Morgan fingerprint density at radius 1 is 0.750 bits per heavy atom. The highest BCUT2D eigenvalue weighted by Crippen LogP contribution is 2.45. The zero-order valence-electron chi connectivity index (χ0n) is 15.9. The van der Waals surface area contributed by atoms with Gasteiger partial charge in [-0.3, -0.25) is 0 Å². The fraction of sp³-hybridized carbons (Fsp3) is 1.00. The van der Waals surface area contributed by atoms with Crippen molar-refractivity contribution in [3.05, 3.63) is 0 Å². The average Bonchev–Trinajstić information content (AvgIpc) is 2.24. The monoisotopic (exact) mass is 283 g/mol. The number of rotatable bonds is 10. The van der Waals surface area contributed by atoms with Gasteiger partial charge < -0.3 is 4.90 Å². The highest BCUT2D eigenvalue weighted by molar-refractivity contribution is 4.89. The predicted octanol–water partition coefficient (Wildman–Crippen LogP) is 6.13. The first-order valence-electron chi connectivity index (χ1n) is 8.65. The molecule has 1 unspecified atom stereocenters. The van der Waals surface area contributed by atoms with Crippen LogP contribution >= 0.6 is 0 Å². The summed E-state index contributed by atoms with van der Waals surface area (Å²) in [7, 11) is 4.41. The number of hydrogen-bond acceptors (Lipinski definition) is 1. The van der Waals surface area contributed by atoms with E-state index < -0.39 is 0 Å². The summed E-state index contributed by atoms with van der Waals surface area (Å²) in [4.78, 5) is 2.37. The van der Waals surface area contributed by atoms with E-state index in [0.717, 1.165) is 0 Å². The molecule has 0 heterocycles. The van der Waals surface area contributed by atoms with Gasteiger partial charge in [-0.1, -0.05) is 53.9 Å². The zero-order chi connectivity index (χ0) is 16.0. The lowest BCUT2D eigenvalue weighted by atomic mass is 9.66. The normalized spacial score (nSPS) is 16.5. The standard InChI is InChI=1S/C19H41N/c1-10-12-14-19(7,13-11-2)16-17(3,4)15-18(5,6)20(8)9/h10-16H2,1-9H3. The summed E-state index contributed by atoms with van der Waals surface area (Å²) in [5, 5.41) is 0. The SMILES string of the molecule is CCCCC(C)(CCC)CC(C)(C)CC(C)(C)N(C)C. The third-order valence-corrected chi connectivity index (χ3v) is 5.01. The second kappa shape index (κ2) is 7.82. The van der Waals surface area contributed by atoms with Gasteiger partial charge in [0.25, 0.3) is 0 Å².